The smallest absolute Gasteiger partial charge is 0.299 e. The molecule has 0 aliphatic carbocycles. The fraction of sp³-hybridized carbons (Fsp3) is 0.273. The Labute approximate surface area is 103 Å². The van der Waals surface area contributed by atoms with Crippen molar-refractivity contribution in [2.75, 3.05) is 17.2 Å². The monoisotopic (exact) mass is 244 g/mol. The highest BCUT2D eigenvalue weighted by molar-refractivity contribution is 6.04. The number of hydrogen-bond donors (Lipinski definition) is 2. The molecule has 1 aromatic heterocycles. The van der Waals surface area contributed by atoms with Crippen molar-refractivity contribution in [1.29, 1.82) is 0 Å². The van der Waals surface area contributed by atoms with Crippen LogP contribution in [-0.2, 0) is 6.42 Å². The maximum absolute atomic E-state index is 12.2. The highest BCUT2D eigenvalue weighted by Crippen LogP contribution is 2.29. The Balaban J connectivity index is 1.99. The first kappa shape index (κ1) is 10.7. The van der Waals surface area contributed by atoms with E-state index in [1.165, 1.54) is 0 Å². The van der Waals surface area contributed by atoms with Crippen LogP contribution in [0.2, 0.25) is 0 Å². The number of fused-ring (bicyclic) bond motifs is 1. The van der Waals surface area contributed by atoms with Crippen molar-refractivity contribution >= 4 is 17.3 Å². The number of aromatic nitrogens is 4. The first-order valence-electron chi connectivity index (χ1n) is 5.69. The number of nitrogens with zero attached hydrogens (tertiary/aromatic N) is 4. The molecule has 0 radical (unpaired) electrons. The van der Waals surface area contributed by atoms with E-state index in [1.807, 2.05) is 12.1 Å². The Morgan fingerprint density at radius 2 is 2.33 bits per heavy atom. The van der Waals surface area contributed by atoms with Crippen LogP contribution in [0.25, 0.3) is 0 Å². The van der Waals surface area contributed by atoms with Crippen molar-refractivity contribution in [2.24, 2.45) is 0 Å². The minimum atomic E-state index is -0.241. The number of rotatable bonds is 1. The number of benzene rings is 1. The SMILES string of the molecule is Nc1ccc2c(c1)CCCN2C(=O)c1nn[nH]n1. The molecule has 0 bridgehead atoms. The summed E-state index contributed by atoms with van der Waals surface area (Å²) in [5, 5.41) is 13.1. The van der Waals surface area contributed by atoms with Gasteiger partial charge in [-0.25, -0.2) is 0 Å². The number of nitrogens with two attached hydrogens (primary N) is 1. The fourth-order valence-electron chi connectivity index (χ4n) is 2.20. The Morgan fingerprint density at radius 3 is 3.11 bits per heavy atom. The number of amides is 1. The van der Waals surface area contributed by atoms with Gasteiger partial charge in [-0.05, 0) is 41.8 Å². The van der Waals surface area contributed by atoms with E-state index in [0.717, 1.165) is 24.1 Å². The average Bonchev–Trinajstić information content (AvgIpc) is 2.90. The van der Waals surface area contributed by atoms with Crippen LogP contribution in [0.3, 0.4) is 0 Å². The van der Waals surface area contributed by atoms with Gasteiger partial charge in [-0.2, -0.15) is 5.21 Å². The summed E-state index contributed by atoms with van der Waals surface area (Å²) in [5.74, 6) is -0.158. The zero-order valence-corrected chi connectivity index (χ0v) is 9.63. The highest BCUT2D eigenvalue weighted by atomic mass is 16.2. The quantitative estimate of drug-likeness (QED) is 0.706. The molecular weight excluding hydrogens is 232 g/mol. The van der Waals surface area contributed by atoms with Gasteiger partial charge in [0.2, 0.25) is 0 Å². The topological polar surface area (TPSA) is 101 Å². The number of nitrogen functional groups attached to an aromatic ring is 1. The summed E-state index contributed by atoms with van der Waals surface area (Å²) in [6.45, 7) is 0.657. The highest BCUT2D eigenvalue weighted by Gasteiger charge is 2.26. The second-order valence-corrected chi connectivity index (χ2v) is 4.18. The van der Waals surface area contributed by atoms with Crippen LogP contribution in [0.5, 0.6) is 0 Å². The molecule has 1 aliphatic heterocycles. The van der Waals surface area contributed by atoms with E-state index in [1.54, 1.807) is 11.0 Å². The van der Waals surface area contributed by atoms with Gasteiger partial charge < -0.3 is 10.6 Å². The summed E-state index contributed by atoms with van der Waals surface area (Å²) in [7, 11) is 0. The summed E-state index contributed by atoms with van der Waals surface area (Å²) >= 11 is 0. The molecule has 18 heavy (non-hydrogen) atoms. The summed E-state index contributed by atoms with van der Waals surface area (Å²) in [5.41, 5.74) is 8.43. The van der Waals surface area contributed by atoms with E-state index in [4.69, 9.17) is 5.73 Å². The van der Waals surface area contributed by atoms with Gasteiger partial charge in [0.05, 0.1) is 0 Å². The van der Waals surface area contributed by atoms with Gasteiger partial charge >= 0.3 is 0 Å². The summed E-state index contributed by atoms with van der Waals surface area (Å²) in [6, 6.07) is 5.56. The lowest BCUT2D eigenvalue weighted by atomic mass is 10.0. The maximum Gasteiger partial charge on any atom is 0.299 e. The number of anilines is 2. The van der Waals surface area contributed by atoms with Gasteiger partial charge in [-0.1, -0.05) is 0 Å². The lowest BCUT2D eigenvalue weighted by Gasteiger charge is -2.28. The normalized spacial score (nSPS) is 14.3. The standard InChI is InChI=1S/C11H12N6O/c12-8-3-4-9-7(6-8)2-1-5-17(9)11(18)10-13-15-16-14-10/h3-4,6H,1-2,5,12H2,(H,13,14,15,16). The molecule has 7 nitrogen and oxygen atoms in total. The van der Waals surface area contributed by atoms with Gasteiger partial charge in [-0.3, -0.25) is 4.79 Å². The molecule has 0 spiro atoms. The van der Waals surface area contributed by atoms with Gasteiger partial charge in [0.15, 0.2) is 0 Å². The first-order valence-corrected chi connectivity index (χ1v) is 5.69. The van der Waals surface area contributed by atoms with Crippen LogP contribution < -0.4 is 10.6 Å². The van der Waals surface area contributed by atoms with Crippen molar-refractivity contribution in [3.8, 4) is 0 Å². The molecule has 1 aromatic carbocycles. The number of carbonyl (C=O) groups excluding carboxylic acids is 1. The summed E-state index contributed by atoms with van der Waals surface area (Å²) < 4.78 is 0. The lowest BCUT2D eigenvalue weighted by Crippen LogP contribution is -2.36. The predicted molar refractivity (Wildman–Crippen MR) is 65.0 cm³/mol. The van der Waals surface area contributed by atoms with Gasteiger partial charge in [0, 0.05) is 17.9 Å². The van der Waals surface area contributed by atoms with Crippen LogP contribution >= 0.6 is 0 Å². The zero-order chi connectivity index (χ0) is 12.5. The molecule has 1 amide bonds. The number of carbonyl (C=O) groups is 1. The van der Waals surface area contributed by atoms with Crippen LogP contribution in [0.15, 0.2) is 18.2 Å². The molecule has 3 rings (SSSR count). The van der Waals surface area contributed by atoms with Crippen molar-refractivity contribution in [3.05, 3.63) is 29.6 Å². The number of nitrogens with one attached hydrogen (secondary N) is 1. The molecule has 0 unspecified atom stereocenters. The summed E-state index contributed by atoms with van der Waals surface area (Å²) in [6.07, 6.45) is 1.83. The van der Waals surface area contributed by atoms with E-state index in [2.05, 4.69) is 20.6 Å². The average molecular weight is 244 g/mol. The molecule has 0 fully saturated rings. The Hall–Kier alpha value is -2.44. The molecular formula is C11H12N6O. The predicted octanol–water partition coefficient (Wildman–Crippen LogP) is 0.375. The molecule has 92 valence electrons. The van der Waals surface area contributed by atoms with Crippen LogP contribution in [0, 0.1) is 0 Å². The number of tetrazole rings is 1. The number of aryl methyl sites for hydroxylation is 1. The van der Waals surface area contributed by atoms with E-state index in [9.17, 15) is 4.79 Å². The lowest BCUT2D eigenvalue weighted by molar-refractivity contribution is 0.0975. The minimum Gasteiger partial charge on any atom is -0.399 e. The van der Waals surface area contributed by atoms with E-state index < -0.39 is 0 Å². The zero-order valence-electron chi connectivity index (χ0n) is 9.63. The number of hydrogen-bond acceptors (Lipinski definition) is 5. The van der Waals surface area contributed by atoms with E-state index in [-0.39, 0.29) is 11.7 Å². The molecule has 0 saturated carbocycles. The maximum atomic E-state index is 12.2. The molecule has 2 aromatic rings. The Bertz CT molecular complexity index is 579. The van der Waals surface area contributed by atoms with Crippen LogP contribution in [0.1, 0.15) is 22.6 Å². The molecule has 7 heteroatoms. The van der Waals surface area contributed by atoms with Crippen molar-refractivity contribution < 1.29 is 4.79 Å². The Morgan fingerprint density at radius 1 is 1.44 bits per heavy atom. The second kappa shape index (κ2) is 4.10. The fourth-order valence-corrected chi connectivity index (χ4v) is 2.20. The van der Waals surface area contributed by atoms with Crippen molar-refractivity contribution in [1.82, 2.24) is 20.6 Å². The number of H-pyrrole nitrogens is 1. The number of aromatic amines is 1. The summed E-state index contributed by atoms with van der Waals surface area (Å²) in [4.78, 5) is 13.9. The molecule has 0 atom stereocenters. The van der Waals surface area contributed by atoms with Crippen molar-refractivity contribution in [2.45, 2.75) is 12.8 Å². The second-order valence-electron chi connectivity index (χ2n) is 4.18. The van der Waals surface area contributed by atoms with E-state index in [0.29, 0.717) is 12.2 Å². The van der Waals surface area contributed by atoms with E-state index >= 15 is 0 Å². The third kappa shape index (κ3) is 1.69. The minimum absolute atomic E-state index is 0.0830. The molecule has 3 N–H and O–H groups in total. The van der Waals surface area contributed by atoms with Gasteiger partial charge in [0.1, 0.15) is 0 Å². The van der Waals surface area contributed by atoms with Gasteiger partial charge in [0.25, 0.3) is 11.7 Å². The van der Waals surface area contributed by atoms with Crippen LogP contribution in [0.4, 0.5) is 11.4 Å². The van der Waals surface area contributed by atoms with Gasteiger partial charge in [-0.15, -0.1) is 10.2 Å². The van der Waals surface area contributed by atoms with Crippen LogP contribution in [-0.4, -0.2) is 33.1 Å². The largest absolute Gasteiger partial charge is 0.399 e. The Kier molecular flexibility index (Phi) is 2.44. The van der Waals surface area contributed by atoms with Crippen molar-refractivity contribution in [3.63, 3.8) is 0 Å². The molecule has 1 aliphatic rings. The molecule has 2 heterocycles. The first-order chi connectivity index (χ1) is 8.75. The third-order valence-electron chi connectivity index (χ3n) is 3.00. The molecule has 0 saturated heterocycles. The third-order valence-corrected chi connectivity index (χ3v) is 3.00.